The molecule has 0 aliphatic carbocycles. The number of carbonyl (C=O) groups excluding carboxylic acids is 1. The van der Waals surface area contributed by atoms with Gasteiger partial charge in [0.05, 0.1) is 12.2 Å². The van der Waals surface area contributed by atoms with Crippen molar-refractivity contribution in [2.24, 2.45) is 0 Å². The molecule has 2 aromatic carbocycles. The Hall–Kier alpha value is -3.91. The smallest absolute Gasteiger partial charge is 0.274 e. The third-order valence-corrected chi connectivity index (χ3v) is 5.18. The number of nitrogens with zero attached hydrogens (tertiary/aromatic N) is 1. The number of hydroxylamine groups is 1. The van der Waals surface area contributed by atoms with Crippen molar-refractivity contribution in [3.05, 3.63) is 95.1 Å². The van der Waals surface area contributed by atoms with Gasteiger partial charge in [0.2, 0.25) is 0 Å². The molecule has 1 aliphatic heterocycles. The Kier molecular flexibility index (Phi) is 6.85. The molecule has 0 saturated carbocycles. The molecule has 170 valence electrons. The number of rotatable bonds is 8. The van der Waals surface area contributed by atoms with Crippen LogP contribution in [0, 0.1) is 5.82 Å². The number of carbonyl (C=O) groups is 1. The zero-order valence-electron chi connectivity index (χ0n) is 18.3. The van der Waals surface area contributed by atoms with E-state index in [2.05, 4.69) is 21.1 Å². The third-order valence-electron chi connectivity index (χ3n) is 5.18. The van der Waals surface area contributed by atoms with Crippen molar-refractivity contribution in [3.8, 4) is 5.75 Å². The second-order valence-electron chi connectivity index (χ2n) is 7.47. The largest absolute Gasteiger partial charge is 0.466 e. The molecule has 0 fully saturated rings. The highest BCUT2D eigenvalue weighted by molar-refractivity contribution is 5.93. The normalized spacial score (nSPS) is 15.2. The first-order chi connectivity index (χ1) is 16.0. The standard InChI is InChI=1S/C25H25FN4O3/c1-3-32-30-24(31)19-9-7-17(8-10-19)16(2)29-23-22-18(11-13-27-23)12-14-28-25(22)33-21-6-4-5-20(26)15-21/h4-16,25,28H,3H2,1-2H3,(H,27,29)(H,30,31)/t16-,25?/m0/s1. The van der Waals surface area contributed by atoms with Crippen molar-refractivity contribution < 1.29 is 18.8 Å². The number of halogens is 1. The average molecular weight is 448 g/mol. The van der Waals surface area contributed by atoms with Gasteiger partial charge in [0, 0.05) is 30.1 Å². The number of pyridine rings is 1. The van der Waals surface area contributed by atoms with Crippen LogP contribution in [-0.4, -0.2) is 17.5 Å². The Balaban J connectivity index is 1.53. The average Bonchev–Trinajstić information content (AvgIpc) is 2.83. The lowest BCUT2D eigenvalue weighted by Crippen LogP contribution is -2.27. The first kappa shape index (κ1) is 22.3. The van der Waals surface area contributed by atoms with Crippen LogP contribution < -0.4 is 20.9 Å². The quantitative estimate of drug-likeness (QED) is 0.432. The molecule has 0 spiro atoms. The molecule has 7 nitrogen and oxygen atoms in total. The lowest BCUT2D eigenvalue weighted by molar-refractivity contribution is 0.0364. The highest BCUT2D eigenvalue weighted by Gasteiger charge is 2.24. The minimum Gasteiger partial charge on any atom is -0.466 e. The summed E-state index contributed by atoms with van der Waals surface area (Å²) in [5.41, 5.74) is 5.64. The van der Waals surface area contributed by atoms with Crippen molar-refractivity contribution >= 4 is 17.8 Å². The van der Waals surface area contributed by atoms with E-state index in [9.17, 15) is 9.18 Å². The fourth-order valence-electron chi connectivity index (χ4n) is 3.51. The molecule has 2 heterocycles. The van der Waals surface area contributed by atoms with E-state index < -0.39 is 6.23 Å². The summed E-state index contributed by atoms with van der Waals surface area (Å²) >= 11 is 0. The van der Waals surface area contributed by atoms with Gasteiger partial charge in [-0.25, -0.2) is 14.9 Å². The molecule has 33 heavy (non-hydrogen) atoms. The molecule has 2 atom stereocenters. The second-order valence-corrected chi connectivity index (χ2v) is 7.47. The van der Waals surface area contributed by atoms with Crippen LogP contribution in [0.4, 0.5) is 10.2 Å². The number of fused-ring (bicyclic) bond motifs is 1. The van der Waals surface area contributed by atoms with Crippen LogP contribution in [0.5, 0.6) is 5.75 Å². The van der Waals surface area contributed by atoms with Crippen molar-refractivity contribution in [3.63, 3.8) is 0 Å². The Morgan fingerprint density at radius 2 is 2.03 bits per heavy atom. The van der Waals surface area contributed by atoms with Crippen molar-refractivity contribution in [1.82, 2.24) is 15.8 Å². The summed E-state index contributed by atoms with van der Waals surface area (Å²) in [6, 6.07) is 15.1. The van der Waals surface area contributed by atoms with Gasteiger partial charge >= 0.3 is 0 Å². The van der Waals surface area contributed by atoms with Gasteiger partial charge in [-0.1, -0.05) is 18.2 Å². The lowest BCUT2D eigenvalue weighted by atomic mass is 10.0. The van der Waals surface area contributed by atoms with E-state index in [-0.39, 0.29) is 17.8 Å². The highest BCUT2D eigenvalue weighted by atomic mass is 19.1. The van der Waals surface area contributed by atoms with Gasteiger partial charge in [0.25, 0.3) is 5.91 Å². The maximum atomic E-state index is 13.6. The first-order valence-corrected chi connectivity index (χ1v) is 10.7. The van der Waals surface area contributed by atoms with Gasteiger partial charge in [0.15, 0.2) is 6.23 Å². The van der Waals surface area contributed by atoms with E-state index in [1.807, 2.05) is 31.2 Å². The Morgan fingerprint density at radius 1 is 1.21 bits per heavy atom. The van der Waals surface area contributed by atoms with E-state index in [4.69, 9.17) is 9.57 Å². The number of anilines is 1. The molecule has 0 saturated heterocycles. The highest BCUT2D eigenvalue weighted by Crippen LogP contribution is 2.33. The Morgan fingerprint density at radius 3 is 2.79 bits per heavy atom. The molecule has 8 heteroatoms. The predicted molar refractivity (Wildman–Crippen MR) is 124 cm³/mol. The number of hydrogen-bond donors (Lipinski definition) is 3. The number of ether oxygens (including phenoxy) is 1. The second kappa shape index (κ2) is 10.1. The number of aromatic nitrogens is 1. The van der Waals surface area contributed by atoms with Gasteiger partial charge in [-0.3, -0.25) is 9.63 Å². The van der Waals surface area contributed by atoms with Gasteiger partial charge in [0.1, 0.15) is 17.4 Å². The molecule has 0 radical (unpaired) electrons. The van der Waals surface area contributed by atoms with Crippen molar-refractivity contribution in [2.45, 2.75) is 26.1 Å². The molecular formula is C25H25FN4O3. The van der Waals surface area contributed by atoms with E-state index in [0.29, 0.717) is 23.7 Å². The molecule has 3 aromatic rings. The molecule has 0 bridgehead atoms. The van der Waals surface area contributed by atoms with E-state index in [1.165, 1.54) is 12.1 Å². The van der Waals surface area contributed by atoms with E-state index in [0.717, 1.165) is 16.7 Å². The van der Waals surface area contributed by atoms with Gasteiger partial charge in [-0.2, -0.15) is 0 Å². The lowest BCUT2D eigenvalue weighted by Gasteiger charge is -2.27. The monoisotopic (exact) mass is 448 g/mol. The van der Waals surface area contributed by atoms with Gasteiger partial charge in [-0.05, 0) is 61.4 Å². The van der Waals surface area contributed by atoms with Crippen LogP contribution in [0.25, 0.3) is 6.08 Å². The van der Waals surface area contributed by atoms with Crippen molar-refractivity contribution in [1.29, 1.82) is 0 Å². The van der Waals surface area contributed by atoms with Crippen LogP contribution in [0.3, 0.4) is 0 Å². The molecule has 1 aromatic heterocycles. The van der Waals surface area contributed by atoms with E-state index >= 15 is 0 Å². The summed E-state index contributed by atoms with van der Waals surface area (Å²) in [4.78, 5) is 21.5. The third kappa shape index (κ3) is 5.30. The molecule has 3 N–H and O–H groups in total. The zero-order chi connectivity index (χ0) is 23.2. The number of nitrogens with one attached hydrogen (secondary N) is 3. The fraction of sp³-hybridized carbons (Fsp3) is 0.200. The van der Waals surface area contributed by atoms with Crippen LogP contribution in [0.15, 0.2) is 67.0 Å². The topological polar surface area (TPSA) is 84.5 Å². The minimum atomic E-state index is -0.542. The van der Waals surface area contributed by atoms with Gasteiger partial charge in [-0.15, -0.1) is 0 Å². The van der Waals surface area contributed by atoms with Gasteiger partial charge < -0.3 is 15.4 Å². The van der Waals surface area contributed by atoms with Crippen LogP contribution in [-0.2, 0) is 4.84 Å². The summed E-state index contributed by atoms with van der Waals surface area (Å²) < 4.78 is 19.7. The summed E-state index contributed by atoms with van der Waals surface area (Å²) in [6.45, 7) is 4.20. The molecule has 4 rings (SSSR count). The first-order valence-electron chi connectivity index (χ1n) is 10.7. The van der Waals surface area contributed by atoms with Crippen LogP contribution in [0.1, 0.15) is 53.2 Å². The number of benzene rings is 2. The number of amides is 1. The summed E-state index contributed by atoms with van der Waals surface area (Å²) in [7, 11) is 0. The summed E-state index contributed by atoms with van der Waals surface area (Å²) in [5.74, 6) is 0.405. The Bertz CT molecular complexity index is 1150. The maximum absolute atomic E-state index is 13.6. The fourth-order valence-corrected chi connectivity index (χ4v) is 3.51. The molecule has 1 aliphatic rings. The predicted octanol–water partition coefficient (Wildman–Crippen LogP) is 4.73. The zero-order valence-corrected chi connectivity index (χ0v) is 18.3. The molecule has 1 amide bonds. The minimum absolute atomic E-state index is 0.103. The SMILES string of the molecule is CCONC(=O)c1ccc([C@H](C)Nc2nccc3c2C(Oc2cccc(F)c2)NC=C3)cc1. The molecular weight excluding hydrogens is 423 g/mol. The molecule has 1 unspecified atom stereocenters. The maximum Gasteiger partial charge on any atom is 0.274 e. The van der Waals surface area contributed by atoms with E-state index in [1.54, 1.807) is 43.6 Å². The van der Waals surface area contributed by atoms with Crippen LogP contribution in [0.2, 0.25) is 0 Å². The van der Waals surface area contributed by atoms with Crippen molar-refractivity contribution in [2.75, 3.05) is 11.9 Å². The van der Waals surface area contributed by atoms with Crippen LogP contribution >= 0.6 is 0 Å². The Labute approximate surface area is 191 Å². The number of hydrogen-bond acceptors (Lipinski definition) is 6. The summed E-state index contributed by atoms with van der Waals surface area (Å²) in [6.07, 6.45) is 4.92. The summed E-state index contributed by atoms with van der Waals surface area (Å²) in [5, 5.41) is 6.60.